The van der Waals surface area contributed by atoms with Crippen molar-refractivity contribution >= 4 is 17.5 Å². The lowest BCUT2D eigenvalue weighted by Gasteiger charge is -2.38. The quantitative estimate of drug-likeness (QED) is 0.746. The van der Waals surface area contributed by atoms with Gasteiger partial charge >= 0.3 is 11.8 Å². The van der Waals surface area contributed by atoms with Gasteiger partial charge in [-0.3, -0.25) is 9.78 Å². The molecular formula is C19H17ClN4O3. The molecule has 1 N–H and O–H groups in total. The van der Waals surface area contributed by atoms with Crippen LogP contribution < -0.4 is 0 Å². The lowest BCUT2D eigenvalue weighted by Crippen LogP contribution is -2.45. The van der Waals surface area contributed by atoms with E-state index in [1.807, 2.05) is 12.1 Å². The molecule has 1 aliphatic rings. The molecule has 0 saturated carbocycles. The van der Waals surface area contributed by atoms with Crippen molar-refractivity contribution in [1.82, 2.24) is 20.0 Å². The Bertz CT molecular complexity index is 935. The van der Waals surface area contributed by atoms with Crippen LogP contribution in [-0.4, -0.2) is 44.1 Å². The molecule has 1 aliphatic heterocycles. The topological polar surface area (TPSA) is 92.3 Å². The summed E-state index contributed by atoms with van der Waals surface area (Å²) in [6.45, 7) is 0.783. The highest BCUT2D eigenvalue weighted by atomic mass is 35.5. The third kappa shape index (κ3) is 3.56. The molecule has 3 heterocycles. The summed E-state index contributed by atoms with van der Waals surface area (Å²) in [7, 11) is 0. The second-order valence-corrected chi connectivity index (χ2v) is 6.93. The van der Waals surface area contributed by atoms with Gasteiger partial charge in [0, 0.05) is 36.1 Å². The Labute approximate surface area is 160 Å². The van der Waals surface area contributed by atoms with Crippen LogP contribution in [0.2, 0.25) is 5.02 Å². The highest BCUT2D eigenvalue weighted by Crippen LogP contribution is 2.33. The van der Waals surface area contributed by atoms with E-state index in [9.17, 15) is 9.90 Å². The molecule has 0 bridgehead atoms. The van der Waals surface area contributed by atoms with Crippen LogP contribution in [0.15, 0.2) is 53.3 Å². The van der Waals surface area contributed by atoms with E-state index >= 15 is 0 Å². The Balaban J connectivity index is 1.44. The van der Waals surface area contributed by atoms with E-state index in [2.05, 4.69) is 15.1 Å². The number of piperidine rings is 1. The molecule has 0 radical (unpaired) electrons. The van der Waals surface area contributed by atoms with Crippen molar-refractivity contribution in [1.29, 1.82) is 0 Å². The molecule has 0 spiro atoms. The number of benzene rings is 1. The largest absolute Gasteiger partial charge is 0.385 e. The van der Waals surface area contributed by atoms with Gasteiger partial charge in [-0.1, -0.05) is 28.9 Å². The number of aromatic nitrogens is 3. The van der Waals surface area contributed by atoms with E-state index in [4.69, 9.17) is 16.1 Å². The average molecular weight is 385 g/mol. The smallest absolute Gasteiger partial charge is 0.316 e. The first-order valence-corrected chi connectivity index (χ1v) is 8.95. The number of likely N-dealkylation sites (tertiary alicyclic amines) is 1. The van der Waals surface area contributed by atoms with Gasteiger partial charge in [-0.15, -0.1) is 0 Å². The first kappa shape index (κ1) is 17.6. The van der Waals surface area contributed by atoms with Crippen molar-refractivity contribution in [3.63, 3.8) is 0 Å². The molecule has 0 unspecified atom stereocenters. The molecule has 7 nitrogen and oxygen atoms in total. The number of carbonyl (C=O) groups is 1. The number of hydrogen-bond acceptors (Lipinski definition) is 6. The minimum absolute atomic E-state index is 0.0641. The Morgan fingerprint density at radius 3 is 2.59 bits per heavy atom. The van der Waals surface area contributed by atoms with Gasteiger partial charge < -0.3 is 14.5 Å². The molecule has 138 valence electrons. The van der Waals surface area contributed by atoms with Crippen molar-refractivity contribution in [2.75, 3.05) is 13.1 Å². The van der Waals surface area contributed by atoms with Crippen LogP contribution in [0.3, 0.4) is 0 Å². The maximum Gasteiger partial charge on any atom is 0.316 e. The zero-order valence-corrected chi connectivity index (χ0v) is 15.1. The molecule has 1 saturated heterocycles. The number of halogens is 1. The fourth-order valence-corrected chi connectivity index (χ4v) is 3.31. The summed E-state index contributed by atoms with van der Waals surface area (Å²) < 4.78 is 5.13. The molecule has 1 aromatic carbocycles. The van der Waals surface area contributed by atoms with E-state index in [1.165, 1.54) is 0 Å². The third-order valence-electron chi connectivity index (χ3n) is 4.79. The predicted molar refractivity (Wildman–Crippen MR) is 98.0 cm³/mol. The molecule has 3 aromatic rings. The second kappa shape index (κ2) is 7.09. The molecule has 2 aromatic heterocycles. The highest BCUT2D eigenvalue weighted by molar-refractivity contribution is 6.30. The first-order chi connectivity index (χ1) is 13.0. The maximum atomic E-state index is 12.7. The van der Waals surface area contributed by atoms with Gasteiger partial charge in [0.05, 0.1) is 5.60 Å². The van der Waals surface area contributed by atoms with Crippen molar-refractivity contribution in [2.45, 2.75) is 18.4 Å². The Morgan fingerprint density at radius 1 is 1.19 bits per heavy atom. The molecule has 1 amide bonds. The van der Waals surface area contributed by atoms with Crippen LogP contribution in [0.5, 0.6) is 0 Å². The molecule has 4 rings (SSSR count). The van der Waals surface area contributed by atoms with Crippen LogP contribution in [-0.2, 0) is 5.60 Å². The summed E-state index contributed by atoms with van der Waals surface area (Å²) in [4.78, 5) is 22.4. The first-order valence-electron chi connectivity index (χ1n) is 8.57. The summed E-state index contributed by atoms with van der Waals surface area (Å²) >= 11 is 5.91. The average Bonchev–Trinajstić information content (AvgIpc) is 3.19. The number of aliphatic hydroxyl groups is 1. The number of nitrogens with zero attached hydrogens (tertiary/aromatic N) is 4. The molecule has 0 atom stereocenters. The fraction of sp³-hybridized carbons (Fsp3) is 0.263. The van der Waals surface area contributed by atoms with Crippen LogP contribution in [0.25, 0.3) is 11.4 Å². The molecule has 1 fully saturated rings. The van der Waals surface area contributed by atoms with Gasteiger partial charge in [-0.2, -0.15) is 4.98 Å². The molecular weight excluding hydrogens is 368 g/mol. The van der Waals surface area contributed by atoms with Gasteiger partial charge in [0.2, 0.25) is 5.82 Å². The normalized spacial score (nSPS) is 16.3. The highest BCUT2D eigenvalue weighted by Gasteiger charge is 2.36. The Morgan fingerprint density at radius 2 is 1.93 bits per heavy atom. The van der Waals surface area contributed by atoms with Crippen molar-refractivity contribution in [3.05, 3.63) is 65.3 Å². The number of amides is 1. The van der Waals surface area contributed by atoms with Crippen LogP contribution in [0, 0.1) is 0 Å². The maximum absolute atomic E-state index is 12.7. The van der Waals surface area contributed by atoms with Crippen LogP contribution in [0.1, 0.15) is 29.1 Å². The van der Waals surface area contributed by atoms with E-state index < -0.39 is 5.60 Å². The summed E-state index contributed by atoms with van der Waals surface area (Å²) in [5.41, 5.74) is 0.503. The van der Waals surface area contributed by atoms with E-state index in [1.54, 1.807) is 41.6 Å². The second-order valence-electron chi connectivity index (χ2n) is 6.50. The standard InChI is InChI=1S/C19H17ClN4O3/c20-15-5-3-14(4-6-15)19(26)7-10-24(11-8-19)18(25)17-22-16(23-27-17)13-2-1-9-21-12-13/h1-6,9,12,26H,7-8,10-11H2. The van der Waals surface area contributed by atoms with Gasteiger partial charge in [0.1, 0.15) is 0 Å². The van der Waals surface area contributed by atoms with E-state index in [-0.39, 0.29) is 11.8 Å². The van der Waals surface area contributed by atoms with Crippen LogP contribution in [0.4, 0.5) is 0 Å². The van der Waals surface area contributed by atoms with Gasteiger partial charge in [-0.25, -0.2) is 0 Å². The Hall–Kier alpha value is -2.77. The summed E-state index contributed by atoms with van der Waals surface area (Å²) in [6, 6.07) is 10.7. The monoisotopic (exact) mass is 384 g/mol. The predicted octanol–water partition coefficient (Wildman–Crippen LogP) is 2.91. The number of pyridine rings is 1. The Kier molecular flexibility index (Phi) is 4.63. The van der Waals surface area contributed by atoms with E-state index in [0.29, 0.717) is 42.3 Å². The summed E-state index contributed by atoms with van der Waals surface area (Å²) in [5, 5.41) is 15.4. The zero-order chi connectivity index (χ0) is 18.9. The molecule has 8 heteroatoms. The van der Waals surface area contributed by atoms with Crippen molar-refractivity contribution in [2.24, 2.45) is 0 Å². The van der Waals surface area contributed by atoms with Gasteiger partial charge in [-0.05, 0) is 42.7 Å². The molecule has 0 aliphatic carbocycles. The lowest BCUT2D eigenvalue weighted by molar-refractivity contribution is -0.0220. The number of hydrogen-bond donors (Lipinski definition) is 1. The lowest BCUT2D eigenvalue weighted by atomic mass is 9.84. The van der Waals surface area contributed by atoms with Gasteiger partial charge in [0.25, 0.3) is 0 Å². The minimum atomic E-state index is -0.975. The van der Waals surface area contributed by atoms with Gasteiger partial charge in [0.15, 0.2) is 0 Å². The number of rotatable bonds is 3. The fourth-order valence-electron chi connectivity index (χ4n) is 3.19. The number of carbonyl (C=O) groups excluding carboxylic acids is 1. The SMILES string of the molecule is O=C(c1nc(-c2cccnc2)no1)N1CCC(O)(c2ccc(Cl)cc2)CC1. The van der Waals surface area contributed by atoms with Crippen molar-refractivity contribution in [3.8, 4) is 11.4 Å². The minimum Gasteiger partial charge on any atom is -0.385 e. The van der Waals surface area contributed by atoms with Crippen LogP contribution >= 0.6 is 11.6 Å². The molecule has 27 heavy (non-hydrogen) atoms. The van der Waals surface area contributed by atoms with E-state index in [0.717, 1.165) is 5.56 Å². The van der Waals surface area contributed by atoms with Crippen molar-refractivity contribution < 1.29 is 14.4 Å². The zero-order valence-electron chi connectivity index (χ0n) is 14.4. The summed E-state index contributed by atoms with van der Waals surface area (Å²) in [6.07, 6.45) is 4.09. The summed E-state index contributed by atoms with van der Waals surface area (Å²) in [5.74, 6) is -0.0808. The third-order valence-corrected chi connectivity index (χ3v) is 5.04.